The molecular formula is C29H31Cl2N3O5. The van der Waals surface area contributed by atoms with Crippen LogP contribution in [-0.4, -0.2) is 62.2 Å². The number of carbonyl (C=O) groups is 2. The molecule has 0 spiro atoms. The highest BCUT2D eigenvalue weighted by molar-refractivity contribution is 6.35. The Morgan fingerprint density at radius 2 is 1.82 bits per heavy atom. The zero-order chi connectivity index (χ0) is 27.8. The van der Waals surface area contributed by atoms with Crippen LogP contribution in [0.3, 0.4) is 0 Å². The SMILES string of the molecule is COc1ccc(C(=O)NCC2CCN(C(=O)c3cccnc3OC)CC2)cc1OCCc1ccc(Cl)cc1Cl. The van der Waals surface area contributed by atoms with Crippen LogP contribution in [0.15, 0.2) is 54.7 Å². The first-order valence-corrected chi connectivity index (χ1v) is 13.5. The summed E-state index contributed by atoms with van der Waals surface area (Å²) in [5, 5.41) is 4.18. The number of piperidine rings is 1. The highest BCUT2D eigenvalue weighted by atomic mass is 35.5. The molecular weight excluding hydrogens is 541 g/mol. The Kier molecular flexibility index (Phi) is 9.90. The van der Waals surface area contributed by atoms with Gasteiger partial charge in [-0.1, -0.05) is 29.3 Å². The van der Waals surface area contributed by atoms with Gasteiger partial charge >= 0.3 is 0 Å². The molecule has 0 bridgehead atoms. The summed E-state index contributed by atoms with van der Waals surface area (Å²) in [6.07, 6.45) is 3.75. The first-order valence-electron chi connectivity index (χ1n) is 12.7. The molecule has 8 nitrogen and oxygen atoms in total. The summed E-state index contributed by atoms with van der Waals surface area (Å²) in [7, 11) is 3.06. The largest absolute Gasteiger partial charge is 0.493 e. The third kappa shape index (κ3) is 7.34. The van der Waals surface area contributed by atoms with Crippen molar-refractivity contribution in [2.45, 2.75) is 19.3 Å². The van der Waals surface area contributed by atoms with E-state index in [1.54, 1.807) is 55.8 Å². The normalized spacial score (nSPS) is 13.6. The number of carbonyl (C=O) groups excluding carboxylic acids is 2. The minimum Gasteiger partial charge on any atom is -0.493 e. The van der Waals surface area contributed by atoms with E-state index in [4.69, 9.17) is 37.4 Å². The summed E-state index contributed by atoms with van der Waals surface area (Å²) in [6.45, 7) is 2.09. The summed E-state index contributed by atoms with van der Waals surface area (Å²) < 4.78 is 16.6. The Morgan fingerprint density at radius 1 is 1.03 bits per heavy atom. The molecule has 1 aliphatic heterocycles. The summed E-state index contributed by atoms with van der Waals surface area (Å²) in [5.74, 6) is 1.33. The molecule has 2 aromatic carbocycles. The number of rotatable bonds is 10. The minimum absolute atomic E-state index is 0.0912. The van der Waals surface area contributed by atoms with Crippen molar-refractivity contribution in [1.29, 1.82) is 0 Å². The number of benzene rings is 2. The molecule has 1 N–H and O–H groups in total. The smallest absolute Gasteiger partial charge is 0.259 e. The van der Waals surface area contributed by atoms with Crippen LogP contribution in [0, 0.1) is 5.92 Å². The molecule has 206 valence electrons. The molecule has 3 aromatic rings. The maximum atomic E-state index is 12.9. The van der Waals surface area contributed by atoms with Gasteiger partial charge in [0.05, 0.1) is 20.8 Å². The zero-order valence-electron chi connectivity index (χ0n) is 21.9. The van der Waals surface area contributed by atoms with Crippen molar-refractivity contribution in [3.8, 4) is 17.4 Å². The lowest BCUT2D eigenvalue weighted by molar-refractivity contribution is 0.0680. The number of halogens is 2. The lowest BCUT2D eigenvalue weighted by Gasteiger charge is -2.32. The Bertz CT molecular complexity index is 1310. The van der Waals surface area contributed by atoms with Crippen molar-refractivity contribution < 1.29 is 23.8 Å². The van der Waals surface area contributed by atoms with Crippen molar-refractivity contribution in [3.05, 3.63) is 81.5 Å². The molecule has 0 saturated carbocycles. The van der Waals surface area contributed by atoms with Crippen molar-refractivity contribution >= 4 is 35.0 Å². The van der Waals surface area contributed by atoms with Crippen LogP contribution < -0.4 is 19.5 Å². The van der Waals surface area contributed by atoms with E-state index in [2.05, 4.69) is 10.3 Å². The van der Waals surface area contributed by atoms with E-state index in [1.165, 1.54) is 7.11 Å². The van der Waals surface area contributed by atoms with Crippen LogP contribution in [-0.2, 0) is 6.42 Å². The molecule has 1 aromatic heterocycles. The molecule has 0 atom stereocenters. The predicted molar refractivity (Wildman–Crippen MR) is 150 cm³/mol. The Hall–Kier alpha value is -3.49. The average Bonchev–Trinajstić information content (AvgIpc) is 2.96. The molecule has 2 heterocycles. The van der Waals surface area contributed by atoms with E-state index < -0.39 is 0 Å². The molecule has 2 amide bonds. The number of nitrogens with one attached hydrogen (secondary N) is 1. The van der Waals surface area contributed by atoms with Gasteiger partial charge in [0.15, 0.2) is 11.5 Å². The number of hydrogen-bond acceptors (Lipinski definition) is 6. The lowest BCUT2D eigenvalue weighted by Crippen LogP contribution is -2.41. The highest BCUT2D eigenvalue weighted by Crippen LogP contribution is 2.29. The van der Waals surface area contributed by atoms with Crippen LogP contribution in [0.4, 0.5) is 0 Å². The third-order valence-electron chi connectivity index (χ3n) is 6.72. The van der Waals surface area contributed by atoms with Crippen LogP contribution in [0.25, 0.3) is 0 Å². The first kappa shape index (κ1) is 28.5. The number of nitrogens with zero attached hydrogens (tertiary/aromatic N) is 2. The second-order valence-corrected chi connectivity index (χ2v) is 10.0. The first-order chi connectivity index (χ1) is 18.9. The maximum absolute atomic E-state index is 12.9. The number of likely N-dealkylation sites (tertiary alicyclic amines) is 1. The number of ether oxygens (including phenoxy) is 3. The van der Waals surface area contributed by atoms with Crippen LogP contribution in [0.1, 0.15) is 39.1 Å². The standard InChI is InChI=1S/C29H31Cl2N3O5/c1-37-25-8-6-21(16-26(25)39-15-11-20-5-7-22(30)17-24(20)31)27(35)33-18-19-9-13-34(14-10-19)29(36)23-4-3-12-32-28(23)38-2/h3-8,12,16-17,19H,9-11,13-15,18H2,1-2H3,(H,33,35). The summed E-state index contributed by atoms with van der Waals surface area (Å²) in [5.41, 5.74) is 1.86. The van der Waals surface area contributed by atoms with E-state index in [1.807, 2.05) is 11.0 Å². The van der Waals surface area contributed by atoms with Crippen LogP contribution in [0.5, 0.6) is 17.4 Å². The van der Waals surface area contributed by atoms with Crippen molar-refractivity contribution in [2.75, 3.05) is 40.5 Å². The van der Waals surface area contributed by atoms with Gasteiger partial charge in [-0.2, -0.15) is 0 Å². The van der Waals surface area contributed by atoms with E-state index in [-0.39, 0.29) is 17.7 Å². The third-order valence-corrected chi connectivity index (χ3v) is 7.30. The fourth-order valence-corrected chi connectivity index (χ4v) is 4.99. The van der Waals surface area contributed by atoms with Gasteiger partial charge in [-0.3, -0.25) is 9.59 Å². The van der Waals surface area contributed by atoms with Gasteiger partial charge in [0, 0.05) is 47.9 Å². The van der Waals surface area contributed by atoms with Gasteiger partial charge in [-0.25, -0.2) is 4.98 Å². The molecule has 1 saturated heterocycles. The summed E-state index contributed by atoms with van der Waals surface area (Å²) in [6, 6.07) is 13.9. The fraction of sp³-hybridized carbons (Fsp3) is 0.345. The fourth-order valence-electron chi connectivity index (χ4n) is 4.49. The minimum atomic E-state index is -0.193. The molecule has 39 heavy (non-hydrogen) atoms. The lowest BCUT2D eigenvalue weighted by atomic mass is 9.96. The van der Waals surface area contributed by atoms with E-state index in [0.29, 0.717) is 71.2 Å². The molecule has 0 aliphatic carbocycles. The van der Waals surface area contributed by atoms with Gasteiger partial charge in [0.1, 0.15) is 5.56 Å². The van der Waals surface area contributed by atoms with Gasteiger partial charge in [-0.15, -0.1) is 0 Å². The number of methoxy groups -OCH3 is 2. The highest BCUT2D eigenvalue weighted by Gasteiger charge is 2.26. The quantitative estimate of drug-likeness (QED) is 0.354. The van der Waals surface area contributed by atoms with Gasteiger partial charge in [0.25, 0.3) is 11.8 Å². The predicted octanol–water partition coefficient (Wildman–Crippen LogP) is 5.31. The molecule has 1 aliphatic rings. The van der Waals surface area contributed by atoms with Crippen molar-refractivity contribution in [1.82, 2.24) is 15.2 Å². The maximum Gasteiger partial charge on any atom is 0.259 e. The number of aromatic nitrogens is 1. The van der Waals surface area contributed by atoms with Crippen LogP contribution >= 0.6 is 23.2 Å². The van der Waals surface area contributed by atoms with Crippen molar-refractivity contribution in [2.24, 2.45) is 5.92 Å². The summed E-state index contributed by atoms with van der Waals surface area (Å²) >= 11 is 12.2. The van der Waals surface area contributed by atoms with Gasteiger partial charge in [-0.05, 0) is 66.8 Å². The van der Waals surface area contributed by atoms with Crippen molar-refractivity contribution in [3.63, 3.8) is 0 Å². The molecule has 1 fully saturated rings. The number of hydrogen-bond donors (Lipinski definition) is 1. The number of amides is 2. The zero-order valence-corrected chi connectivity index (χ0v) is 23.4. The molecule has 0 unspecified atom stereocenters. The molecule has 0 radical (unpaired) electrons. The molecule has 4 rings (SSSR count). The Morgan fingerprint density at radius 3 is 2.54 bits per heavy atom. The van der Waals surface area contributed by atoms with Gasteiger partial charge in [0.2, 0.25) is 5.88 Å². The molecule has 10 heteroatoms. The van der Waals surface area contributed by atoms with E-state index in [0.717, 1.165) is 18.4 Å². The van der Waals surface area contributed by atoms with E-state index in [9.17, 15) is 9.59 Å². The van der Waals surface area contributed by atoms with Crippen LogP contribution in [0.2, 0.25) is 10.0 Å². The Balaban J connectivity index is 1.28. The van der Waals surface area contributed by atoms with Gasteiger partial charge < -0.3 is 24.4 Å². The van der Waals surface area contributed by atoms with E-state index >= 15 is 0 Å². The monoisotopic (exact) mass is 571 g/mol. The second kappa shape index (κ2) is 13.5. The number of pyridine rings is 1. The average molecular weight is 572 g/mol. The second-order valence-electron chi connectivity index (χ2n) is 9.21. The summed E-state index contributed by atoms with van der Waals surface area (Å²) in [4.78, 5) is 31.7. The Labute approximate surface area is 238 Å². The topological polar surface area (TPSA) is 90.0 Å².